The van der Waals surface area contributed by atoms with Gasteiger partial charge in [-0.15, -0.1) is 11.6 Å². The second-order valence-corrected chi connectivity index (χ2v) is 5.52. The average molecular weight is 283 g/mol. The number of aromatic nitrogens is 2. The number of imidazole rings is 1. The van der Waals surface area contributed by atoms with Crippen molar-refractivity contribution < 1.29 is 9.13 Å². The lowest BCUT2D eigenvalue weighted by Gasteiger charge is -2.36. The summed E-state index contributed by atoms with van der Waals surface area (Å²) in [7, 11) is 0. The monoisotopic (exact) mass is 282 g/mol. The zero-order valence-electron chi connectivity index (χ0n) is 10.8. The summed E-state index contributed by atoms with van der Waals surface area (Å²) in [6.45, 7) is 3.51. The molecule has 0 N–H and O–H groups in total. The Morgan fingerprint density at radius 1 is 1.53 bits per heavy atom. The molecule has 3 rings (SSSR count). The number of alkyl halides is 1. The van der Waals surface area contributed by atoms with Gasteiger partial charge in [0.05, 0.1) is 23.5 Å². The molecule has 19 heavy (non-hydrogen) atoms. The quantitative estimate of drug-likeness (QED) is 0.789. The van der Waals surface area contributed by atoms with Crippen LogP contribution < -0.4 is 0 Å². The summed E-state index contributed by atoms with van der Waals surface area (Å²) in [6.07, 6.45) is 1.98. The van der Waals surface area contributed by atoms with Crippen LogP contribution in [0.2, 0.25) is 0 Å². The molecule has 5 heteroatoms. The van der Waals surface area contributed by atoms with Gasteiger partial charge in [-0.1, -0.05) is 6.07 Å². The maximum Gasteiger partial charge on any atom is 0.151 e. The number of hydrogen-bond donors (Lipinski definition) is 0. The maximum absolute atomic E-state index is 13.9. The molecular formula is C14H16ClFN2O. The summed E-state index contributed by atoms with van der Waals surface area (Å²) in [4.78, 5) is 4.35. The predicted molar refractivity (Wildman–Crippen MR) is 72.9 cm³/mol. The Balaban J connectivity index is 2.23. The van der Waals surface area contributed by atoms with Gasteiger partial charge in [-0.2, -0.15) is 0 Å². The van der Waals surface area contributed by atoms with Gasteiger partial charge in [-0.3, -0.25) is 0 Å². The number of para-hydroxylation sites is 1. The molecule has 3 nitrogen and oxygen atoms in total. The number of ether oxygens (including phenoxy) is 1. The summed E-state index contributed by atoms with van der Waals surface area (Å²) < 4.78 is 21.5. The van der Waals surface area contributed by atoms with E-state index >= 15 is 0 Å². The first-order chi connectivity index (χ1) is 9.15. The molecule has 1 aromatic heterocycles. The van der Waals surface area contributed by atoms with Crippen molar-refractivity contribution in [1.82, 2.24) is 9.55 Å². The Kier molecular flexibility index (Phi) is 3.23. The first kappa shape index (κ1) is 12.9. The molecule has 0 bridgehead atoms. The van der Waals surface area contributed by atoms with E-state index in [0.717, 1.165) is 25.0 Å². The highest BCUT2D eigenvalue weighted by Gasteiger charge is 2.33. The van der Waals surface area contributed by atoms with E-state index in [1.807, 2.05) is 6.07 Å². The molecule has 0 spiro atoms. The lowest BCUT2D eigenvalue weighted by Crippen LogP contribution is -2.39. The minimum Gasteiger partial charge on any atom is -0.379 e. The Morgan fingerprint density at radius 2 is 2.37 bits per heavy atom. The van der Waals surface area contributed by atoms with Crippen molar-refractivity contribution in [3.05, 3.63) is 29.8 Å². The number of fused-ring (bicyclic) bond motifs is 1. The van der Waals surface area contributed by atoms with E-state index < -0.39 is 0 Å². The van der Waals surface area contributed by atoms with Crippen LogP contribution in [0.5, 0.6) is 0 Å². The van der Waals surface area contributed by atoms with Gasteiger partial charge < -0.3 is 9.30 Å². The molecule has 2 aromatic rings. The number of benzene rings is 1. The number of halogens is 2. The van der Waals surface area contributed by atoms with E-state index in [0.29, 0.717) is 17.9 Å². The topological polar surface area (TPSA) is 27.1 Å². The van der Waals surface area contributed by atoms with Crippen LogP contribution >= 0.6 is 11.6 Å². The molecule has 1 unspecified atom stereocenters. The molecule has 2 heterocycles. The molecule has 0 saturated carbocycles. The summed E-state index contributed by atoms with van der Waals surface area (Å²) in [5.74, 6) is 0.668. The van der Waals surface area contributed by atoms with Crippen molar-refractivity contribution >= 4 is 22.6 Å². The van der Waals surface area contributed by atoms with E-state index in [-0.39, 0.29) is 17.2 Å². The van der Waals surface area contributed by atoms with Crippen molar-refractivity contribution in [2.24, 2.45) is 0 Å². The van der Waals surface area contributed by atoms with Crippen LogP contribution in [0.3, 0.4) is 0 Å². The van der Waals surface area contributed by atoms with Crippen LogP contribution in [0.25, 0.3) is 11.0 Å². The maximum atomic E-state index is 13.9. The standard InChI is InChI=1S/C14H16ClFN2O/c1-14(6-3-7-19-9-14)18-11-5-2-4-10(16)13(11)17-12(18)8-15/h2,4-5H,3,6-9H2,1H3. The van der Waals surface area contributed by atoms with E-state index in [4.69, 9.17) is 16.3 Å². The minimum atomic E-state index is -0.303. The van der Waals surface area contributed by atoms with Crippen LogP contribution in [0.4, 0.5) is 4.39 Å². The lowest BCUT2D eigenvalue weighted by atomic mass is 9.94. The number of nitrogens with zero attached hydrogens (tertiary/aromatic N) is 2. The predicted octanol–water partition coefficient (Wildman–Crippen LogP) is 3.44. The fourth-order valence-electron chi connectivity index (χ4n) is 2.90. The first-order valence-corrected chi connectivity index (χ1v) is 6.99. The molecule has 0 aliphatic carbocycles. The second kappa shape index (κ2) is 4.76. The zero-order valence-corrected chi connectivity index (χ0v) is 11.6. The Morgan fingerprint density at radius 3 is 3.05 bits per heavy atom. The van der Waals surface area contributed by atoms with E-state index in [1.54, 1.807) is 6.07 Å². The van der Waals surface area contributed by atoms with Gasteiger partial charge in [-0.05, 0) is 31.9 Å². The van der Waals surface area contributed by atoms with Crippen LogP contribution in [-0.4, -0.2) is 22.8 Å². The van der Waals surface area contributed by atoms with Gasteiger partial charge in [0.25, 0.3) is 0 Å². The lowest BCUT2D eigenvalue weighted by molar-refractivity contribution is 0.0104. The Hall–Kier alpha value is -1.13. The van der Waals surface area contributed by atoms with Gasteiger partial charge in [0.1, 0.15) is 11.3 Å². The zero-order chi connectivity index (χ0) is 13.5. The summed E-state index contributed by atoms with van der Waals surface area (Å²) in [5.41, 5.74) is 0.985. The normalized spacial score (nSPS) is 23.9. The molecular weight excluding hydrogens is 267 g/mol. The smallest absolute Gasteiger partial charge is 0.151 e. The van der Waals surface area contributed by atoms with Crippen LogP contribution in [0.15, 0.2) is 18.2 Å². The molecule has 0 amide bonds. The molecule has 1 aliphatic rings. The molecule has 1 aliphatic heterocycles. The third-order valence-corrected chi connectivity index (χ3v) is 4.02. The largest absolute Gasteiger partial charge is 0.379 e. The highest BCUT2D eigenvalue weighted by atomic mass is 35.5. The number of rotatable bonds is 2. The molecule has 0 radical (unpaired) electrons. The Bertz CT molecular complexity index is 605. The van der Waals surface area contributed by atoms with Gasteiger partial charge in [0.15, 0.2) is 5.82 Å². The fourth-order valence-corrected chi connectivity index (χ4v) is 3.08. The van der Waals surface area contributed by atoms with Crippen molar-refractivity contribution in [1.29, 1.82) is 0 Å². The minimum absolute atomic E-state index is 0.203. The van der Waals surface area contributed by atoms with E-state index in [2.05, 4.69) is 16.5 Å². The SMILES string of the molecule is CC1(n2c(CCl)nc3c(F)cccc32)CCCOC1. The molecule has 1 fully saturated rings. The van der Waals surface area contributed by atoms with Gasteiger partial charge in [-0.25, -0.2) is 9.37 Å². The third-order valence-electron chi connectivity index (χ3n) is 3.78. The first-order valence-electron chi connectivity index (χ1n) is 6.46. The Labute approximate surface area is 116 Å². The molecule has 102 valence electrons. The van der Waals surface area contributed by atoms with Gasteiger partial charge >= 0.3 is 0 Å². The van der Waals surface area contributed by atoms with Crippen LogP contribution in [0.1, 0.15) is 25.6 Å². The van der Waals surface area contributed by atoms with Crippen molar-refractivity contribution in [3.8, 4) is 0 Å². The summed E-state index contributed by atoms with van der Waals surface area (Å²) in [5, 5.41) is 0. The fraction of sp³-hybridized carbons (Fsp3) is 0.500. The van der Waals surface area contributed by atoms with Crippen LogP contribution in [0, 0.1) is 5.82 Å². The van der Waals surface area contributed by atoms with E-state index in [9.17, 15) is 4.39 Å². The van der Waals surface area contributed by atoms with Crippen molar-refractivity contribution in [3.63, 3.8) is 0 Å². The third kappa shape index (κ3) is 2.03. The summed E-state index contributed by atoms with van der Waals surface area (Å²) >= 11 is 5.99. The molecule has 1 aromatic carbocycles. The molecule has 1 atom stereocenters. The second-order valence-electron chi connectivity index (χ2n) is 5.26. The number of hydrogen-bond acceptors (Lipinski definition) is 2. The van der Waals surface area contributed by atoms with Crippen LogP contribution in [-0.2, 0) is 16.2 Å². The van der Waals surface area contributed by atoms with Gasteiger partial charge in [0.2, 0.25) is 0 Å². The average Bonchev–Trinajstić information content (AvgIpc) is 2.80. The molecule has 1 saturated heterocycles. The highest BCUT2D eigenvalue weighted by Crippen LogP contribution is 2.33. The highest BCUT2D eigenvalue weighted by molar-refractivity contribution is 6.16. The van der Waals surface area contributed by atoms with E-state index in [1.165, 1.54) is 6.07 Å². The summed E-state index contributed by atoms with van der Waals surface area (Å²) in [6, 6.07) is 5.03. The van der Waals surface area contributed by atoms with Crippen molar-refractivity contribution in [2.45, 2.75) is 31.2 Å². The van der Waals surface area contributed by atoms with Crippen molar-refractivity contribution in [2.75, 3.05) is 13.2 Å². The van der Waals surface area contributed by atoms with Gasteiger partial charge in [0, 0.05) is 6.61 Å².